The highest BCUT2D eigenvalue weighted by molar-refractivity contribution is 5.31. The molecule has 0 fully saturated rings. The third-order valence-corrected chi connectivity index (χ3v) is 2.00. The van der Waals surface area contributed by atoms with E-state index in [2.05, 4.69) is 0 Å². The van der Waals surface area contributed by atoms with E-state index in [0.29, 0.717) is 19.6 Å². The molecule has 0 saturated carbocycles. The fourth-order valence-corrected chi connectivity index (χ4v) is 1.17. The van der Waals surface area contributed by atoms with Gasteiger partial charge in [0.05, 0.1) is 25.3 Å². The SMILES string of the molecule is CCOc1ccc(OCCC(N)C#N)cc1. The molecule has 1 atom stereocenters. The summed E-state index contributed by atoms with van der Waals surface area (Å²) >= 11 is 0. The van der Waals surface area contributed by atoms with Gasteiger partial charge in [0.2, 0.25) is 0 Å². The normalized spacial score (nSPS) is 11.6. The van der Waals surface area contributed by atoms with Gasteiger partial charge in [-0.25, -0.2) is 0 Å². The maximum atomic E-state index is 8.48. The number of hydrogen-bond acceptors (Lipinski definition) is 4. The lowest BCUT2D eigenvalue weighted by Crippen LogP contribution is -2.20. The van der Waals surface area contributed by atoms with Crippen LogP contribution in [0.15, 0.2) is 24.3 Å². The molecule has 0 spiro atoms. The topological polar surface area (TPSA) is 68.3 Å². The van der Waals surface area contributed by atoms with Gasteiger partial charge in [-0.2, -0.15) is 5.26 Å². The summed E-state index contributed by atoms with van der Waals surface area (Å²) in [5.74, 6) is 1.58. The van der Waals surface area contributed by atoms with Crippen molar-refractivity contribution in [2.24, 2.45) is 5.73 Å². The summed E-state index contributed by atoms with van der Waals surface area (Å²) in [5, 5.41) is 8.48. The van der Waals surface area contributed by atoms with Crippen LogP contribution in [0, 0.1) is 11.3 Å². The molecule has 0 radical (unpaired) electrons. The molecule has 0 bridgehead atoms. The zero-order valence-corrected chi connectivity index (χ0v) is 9.35. The molecular weight excluding hydrogens is 204 g/mol. The van der Waals surface area contributed by atoms with E-state index in [1.54, 1.807) is 0 Å². The highest BCUT2D eigenvalue weighted by Crippen LogP contribution is 2.17. The molecule has 1 aromatic rings. The van der Waals surface area contributed by atoms with E-state index in [1.165, 1.54) is 0 Å². The minimum absolute atomic E-state index is 0.447. The lowest BCUT2D eigenvalue weighted by molar-refractivity contribution is 0.304. The molecule has 0 saturated heterocycles. The Morgan fingerprint density at radius 1 is 1.25 bits per heavy atom. The summed E-state index contributed by atoms with van der Waals surface area (Å²) in [6.45, 7) is 3.04. The fourth-order valence-electron chi connectivity index (χ4n) is 1.17. The molecule has 4 heteroatoms. The quantitative estimate of drug-likeness (QED) is 0.792. The predicted octanol–water partition coefficient (Wildman–Crippen LogP) is 1.71. The van der Waals surface area contributed by atoms with Crippen molar-refractivity contribution in [1.29, 1.82) is 5.26 Å². The molecule has 0 aliphatic heterocycles. The second-order valence-electron chi connectivity index (χ2n) is 3.28. The van der Waals surface area contributed by atoms with E-state index >= 15 is 0 Å². The lowest BCUT2D eigenvalue weighted by Gasteiger charge is -2.08. The first-order chi connectivity index (χ1) is 7.76. The molecule has 1 rings (SSSR count). The van der Waals surface area contributed by atoms with Crippen LogP contribution in [0.5, 0.6) is 11.5 Å². The standard InChI is InChI=1S/C12H16N2O2/c1-2-15-11-3-5-12(6-4-11)16-8-7-10(14)9-13/h3-6,10H,2,7-8,14H2,1H3. The number of rotatable bonds is 6. The molecule has 1 aromatic carbocycles. The van der Waals surface area contributed by atoms with Crippen LogP contribution in [0.25, 0.3) is 0 Å². The van der Waals surface area contributed by atoms with E-state index < -0.39 is 6.04 Å². The van der Waals surface area contributed by atoms with Crippen molar-refractivity contribution >= 4 is 0 Å². The average Bonchev–Trinajstić information content (AvgIpc) is 2.31. The summed E-state index contributed by atoms with van der Waals surface area (Å²) in [4.78, 5) is 0. The maximum Gasteiger partial charge on any atom is 0.119 e. The van der Waals surface area contributed by atoms with Crippen LogP contribution in [0.2, 0.25) is 0 Å². The van der Waals surface area contributed by atoms with Gasteiger partial charge in [-0.3, -0.25) is 0 Å². The Morgan fingerprint density at radius 3 is 2.31 bits per heavy atom. The maximum absolute atomic E-state index is 8.48. The Labute approximate surface area is 95.6 Å². The molecule has 0 amide bonds. The molecule has 0 heterocycles. The molecule has 2 N–H and O–H groups in total. The van der Waals surface area contributed by atoms with E-state index in [1.807, 2.05) is 37.3 Å². The summed E-state index contributed by atoms with van der Waals surface area (Å²) in [6, 6.07) is 8.87. The largest absolute Gasteiger partial charge is 0.494 e. The minimum Gasteiger partial charge on any atom is -0.494 e. The molecular formula is C12H16N2O2. The Hall–Kier alpha value is -1.73. The van der Waals surface area contributed by atoms with Gasteiger partial charge >= 0.3 is 0 Å². The first-order valence-electron chi connectivity index (χ1n) is 5.27. The van der Waals surface area contributed by atoms with Crippen molar-refractivity contribution < 1.29 is 9.47 Å². The first kappa shape index (κ1) is 12.3. The predicted molar refractivity (Wildman–Crippen MR) is 61.3 cm³/mol. The van der Waals surface area contributed by atoms with E-state index in [-0.39, 0.29) is 0 Å². The van der Waals surface area contributed by atoms with Crippen molar-refractivity contribution in [2.45, 2.75) is 19.4 Å². The molecule has 4 nitrogen and oxygen atoms in total. The van der Waals surface area contributed by atoms with Gasteiger partial charge in [0.15, 0.2) is 0 Å². The second kappa shape index (κ2) is 6.70. The first-order valence-corrected chi connectivity index (χ1v) is 5.27. The van der Waals surface area contributed by atoms with E-state index in [4.69, 9.17) is 20.5 Å². The molecule has 0 aromatic heterocycles. The molecule has 86 valence electrons. The third kappa shape index (κ3) is 4.20. The molecule has 1 unspecified atom stereocenters. The van der Waals surface area contributed by atoms with Crippen LogP contribution in [0.4, 0.5) is 0 Å². The van der Waals surface area contributed by atoms with Crippen LogP contribution >= 0.6 is 0 Å². The van der Waals surface area contributed by atoms with Crippen LogP contribution in [-0.2, 0) is 0 Å². The van der Waals surface area contributed by atoms with Crippen LogP contribution < -0.4 is 15.2 Å². The average molecular weight is 220 g/mol. The number of nitrogens with two attached hydrogens (primary N) is 1. The van der Waals surface area contributed by atoms with Crippen molar-refractivity contribution in [1.82, 2.24) is 0 Å². The summed E-state index contributed by atoms with van der Waals surface area (Å²) in [6.07, 6.45) is 0.531. The van der Waals surface area contributed by atoms with Crippen LogP contribution in [0.1, 0.15) is 13.3 Å². The lowest BCUT2D eigenvalue weighted by atomic mass is 10.2. The van der Waals surface area contributed by atoms with Crippen molar-refractivity contribution in [3.8, 4) is 17.6 Å². The van der Waals surface area contributed by atoms with E-state index in [0.717, 1.165) is 11.5 Å². The molecule has 0 aliphatic carbocycles. The molecule has 16 heavy (non-hydrogen) atoms. The third-order valence-electron chi connectivity index (χ3n) is 2.00. The highest BCUT2D eigenvalue weighted by Gasteiger charge is 2.00. The van der Waals surface area contributed by atoms with Crippen molar-refractivity contribution in [2.75, 3.05) is 13.2 Å². The summed E-state index contributed by atoms with van der Waals surface area (Å²) < 4.78 is 10.7. The van der Waals surface area contributed by atoms with Gasteiger partial charge in [-0.15, -0.1) is 0 Å². The zero-order valence-electron chi connectivity index (χ0n) is 9.35. The Morgan fingerprint density at radius 2 is 1.81 bits per heavy atom. The zero-order chi connectivity index (χ0) is 11.8. The number of ether oxygens (including phenoxy) is 2. The minimum atomic E-state index is -0.456. The molecule has 0 aliphatic rings. The number of nitrogens with zero attached hydrogens (tertiary/aromatic N) is 1. The van der Waals surface area contributed by atoms with Gasteiger partial charge in [-0.1, -0.05) is 0 Å². The smallest absolute Gasteiger partial charge is 0.119 e. The van der Waals surface area contributed by atoms with Crippen LogP contribution in [0.3, 0.4) is 0 Å². The number of nitriles is 1. The highest BCUT2D eigenvalue weighted by atomic mass is 16.5. The monoisotopic (exact) mass is 220 g/mol. The Kier molecular flexibility index (Phi) is 5.17. The fraction of sp³-hybridized carbons (Fsp3) is 0.417. The van der Waals surface area contributed by atoms with Gasteiger partial charge in [-0.05, 0) is 31.2 Å². The van der Waals surface area contributed by atoms with Gasteiger partial charge in [0.1, 0.15) is 11.5 Å². The summed E-state index contributed by atoms with van der Waals surface area (Å²) in [7, 11) is 0. The van der Waals surface area contributed by atoms with Crippen LogP contribution in [-0.4, -0.2) is 19.3 Å². The second-order valence-corrected chi connectivity index (χ2v) is 3.28. The van der Waals surface area contributed by atoms with Gasteiger partial charge in [0, 0.05) is 6.42 Å². The van der Waals surface area contributed by atoms with Gasteiger partial charge in [0.25, 0.3) is 0 Å². The van der Waals surface area contributed by atoms with Crippen molar-refractivity contribution in [3.63, 3.8) is 0 Å². The number of hydrogen-bond donors (Lipinski definition) is 1. The number of benzene rings is 1. The Bertz CT molecular complexity index is 343. The van der Waals surface area contributed by atoms with Crippen molar-refractivity contribution in [3.05, 3.63) is 24.3 Å². The van der Waals surface area contributed by atoms with E-state index in [9.17, 15) is 0 Å². The Balaban J connectivity index is 2.35. The van der Waals surface area contributed by atoms with Gasteiger partial charge < -0.3 is 15.2 Å². The summed E-state index contributed by atoms with van der Waals surface area (Å²) in [5.41, 5.74) is 5.44.